The van der Waals surface area contributed by atoms with E-state index in [1.165, 1.54) is 0 Å². The van der Waals surface area contributed by atoms with Crippen LogP contribution in [0.3, 0.4) is 0 Å². The number of amides is 1. The van der Waals surface area contributed by atoms with Crippen LogP contribution in [0.4, 0.5) is 5.69 Å². The number of nitrogens with zero attached hydrogens (tertiary/aromatic N) is 1. The number of hydrogen-bond donors (Lipinski definition) is 2. The monoisotopic (exact) mass is 280 g/mol. The van der Waals surface area contributed by atoms with Crippen molar-refractivity contribution in [2.24, 2.45) is 0 Å². The molecule has 0 bridgehead atoms. The van der Waals surface area contributed by atoms with E-state index in [1.807, 2.05) is 37.9 Å². The average molecular weight is 280 g/mol. The molecule has 5 nitrogen and oxygen atoms in total. The molecular weight excluding hydrogens is 256 g/mol. The standard InChI is InChI=1S/C15H24N2O3/c1-10(2)16-14(19)9-17(4)12-7-6-8-13(20-5)15(12)11(3)18/h6-8,10-11,18H,9H2,1-5H3,(H,16,19). The third kappa shape index (κ3) is 4.13. The summed E-state index contributed by atoms with van der Waals surface area (Å²) >= 11 is 0. The molecule has 0 spiro atoms. The molecule has 0 fully saturated rings. The van der Waals surface area contributed by atoms with Crippen LogP contribution in [0.2, 0.25) is 0 Å². The number of hydrogen-bond acceptors (Lipinski definition) is 4. The third-order valence-electron chi connectivity index (χ3n) is 2.92. The lowest BCUT2D eigenvalue weighted by atomic mass is 10.1. The Bertz CT molecular complexity index is 458. The molecule has 5 heteroatoms. The Morgan fingerprint density at radius 3 is 2.55 bits per heavy atom. The summed E-state index contributed by atoms with van der Waals surface area (Å²) in [4.78, 5) is 13.6. The number of methoxy groups -OCH3 is 1. The second-order valence-corrected chi connectivity index (χ2v) is 5.15. The van der Waals surface area contributed by atoms with Gasteiger partial charge in [-0.1, -0.05) is 6.07 Å². The SMILES string of the molecule is COc1cccc(N(C)CC(=O)NC(C)C)c1C(C)O. The van der Waals surface area contributed by atoms with Gasteiger partial charge in [-0.15, -0.1) is 0 Å². The van der Waals surface area contributed by atoms with Crippen LogP contribution in [-0.2, 0) is 4.79 Å². The number of likely N-dealkylation sites (N-methyl/N-ethyl adjacent to an activating group) is 1. The Balaban J connectivity index is 2.98. The van der Waals surface area contributed by atoms with E-state index in [0.717, 1.165) is 5.69 Å². The molecule has 0 aliphatic rings. The number of ether oxygens (including phenoxy) is 1. The normalized spacial score (nSPS) is 12.2. The molecule has 1 rings (SSSR count). The van der Waals surface area contributed by atoms with Crippen molar-refractivity contribution in [1.82, 2.24) is 5.32 Å². The van der Waals surface area contributed by atoms with Crippen molar-refractivity contribution >= 4 is 11.6 Å². The van der Waals surface area contributed by atoms with Crippen LogP contribution in [0.15, 0.2) is 18.2 Å². The van der Waals surface area contributed by atoms with Crippen LogP contribution in [0.5, 0.6) is 5.75 Å². The van der Waals surface area contributed by atoms with Crippen LogP contribution in [-0.4, -0.2) is 37.8 Å². The predicted molar refractivity (Wildman–Crippen MR) is 80.2 cm³/mol. The zero-order valence-electron chi connectivity index (χ0n) is 12.8. The number of rotatable bonds is 6. The van der Waals surface area contributed by atoms with Crippen molar-refractivity contribution < 1.29 is 14.6 Å². The van der Waals surface area contributed by atoms with Gasteiger partial charge in [-0.05, 0) is 32.9 Å². The van der Waals surface area contributed by atoms with E-state index in [9.17, 15) is 9.90 Å². The van der Waals surface area contributed by atoms with E-state index in [0.29, 0.717) is 11.3 Å². The van der Waals surface area contributed by atoms with Gasteiger partial charge in [0, 0.05) is 24.3 Å². The lowest BCUT2D eigenvalue weighted by Gasteiger charge is -2.25. The number of aliphatic hydroxyl groups excluding tert-OH is 1. The minimum Gasteiger partial charge on any atom is -0.496 e. The van der Waals surface area contributed by atoms with Crippen LogP contribution >= 0.6 is 0 Å². The van der Waals surface area contributed by atoms with Gasteiger partial charge in [-0.25, -0.2) is 0 Å². The molecule has 0 heterocycles. The molecule has 0 aliphatic carbocycles. The van der Waals surface area contributed by atoms with E-state index in [-0.39, 0.29) is 18.5 Å². The molecule has 1 unspecified atom stereocenters. The van der Waals surface area contributed by atoms with Crippen molar-refractivity contribution in [3.63, 3.8) is 0 Å². The highest BCUT2D eigenvalue weighted by molar-refractivity contribution is 5.82. The number of carbonyl (C=O) groups is 1. The maximum absolute atomic E-state index is 11.8. The van der Waals surface area contributed by atoms with Gasteiger partial charge in [-0.3, -0.25) is 4.79 Å². The molecule has 0 radical (unpaired) electrons. The van der Waals surface area contributed by atoms with E-state index < -0.39 is 6.10 Å². The highest BCUT2D eigenvalue weighted by Gasteiger charge is 2.18. The van der Waals surface area contributed by atoms with Crippen LogP contribution in [0.1, 0.15) is 32.4 Å². The zero-order valence-corrected chi connectivity index (χ0v) is 12.8. The number of anilines is 1. The van der Waals surface area contributed by atoms with Gasteiger partial charge in [0.05, 0.1) is 19.8 Å². The lowest BCUT2D eigenvalue weighted by Crippen LogP contribution is -2.38. The Kier molecular flexibility index (Phi) is 5.82. The van der Waals surface area contributed by atoms with Gasteiger partial charge in [0.15, 0.2) is 0 Å². The third-order valence-corrected chi connectivity index (χ3v) is 2.92. The molecule has 2 N–H and O–H groups in total. The number of nitrogens with one attached hydrogen (secondary N) is 1. The summed E-state index contributed by atoms with van der Waals surface area (Å²) in [5.74, 6) is 0.565. The summed E-state index contributed by atoms with van der Waals surface area (Å²) in [6.07, 6.45) is -0.670. The summed E-state index contributed by atoms with van der Waals surface area (Å²) in [5.41, 5.74) is 1.48. The average Bonchev–Trinajstić information content (AvgIpc) is 2.36. The van der Waals surface area contributed by atoms with Gasteiger partial charge in [0.25, 0.3) is 0 Å². The quantitative estimate of drug-likeness (QED) is 0.833. The fourth-order valence-electron chi connectivity index (χ4n) is 2.13. The largest absolute Gasteiger partial charge is 0.496 e. The van der Waals surface area contributed by atoms with Gasteiger partial charge in [-0.2, -0.15) is 0 Å². The van der Waals surface area contributed by atoms with E-state index >= 15 is 0 Å². The fraction of sp³-hybridized carbons (Fsp3) is 0.533. The molecule has 0 saturated carbocycles. The molecule has 112 valence electrons. The van der Waals surface area contributed by atoms with Crippen molar-refractivity contribution in [3.8, 4) is 5.75 Å². The maximum atomic E-state index is 11.8. The molecular formula is C15H24N2O3. The molecule has 1 aromatic rings. The van der Waals surface area contributed by atoms with Crippen LogP contribution in [0, 0.1) is 0 Å². The van der Waals surface area contributed by atoms with Gasteiger partial charge < -0.3 is 20.1 Å². The second kappa shape index (κ2) is 7.14. The Morgan fingerprint density at radius 1 is 1.40 bits per heavy atom. The minimum absolute atomic E-state index is 0.0538. The van der Waals surface area contributed by atoms with Crippen molar-refractivity contribution in [2.45, 2.75) is 32.9 Å². The highest BCUT2D eigenvalue weighted by atomic mass is 16.5. The molecule has 0 aromatic heterocycles. The first-order valence-corrected chi connectivity index (χ1v) is 6.72. The maximum Gasteiger partial charge on any atom is 0.239 e. The molecule has 0 saturated heterocycles. The van der Waals surface area contributed by atoms with E-state index in [1.54, 1.807) is 20.1 Å². The van der Waals surface area contributed by atoms with Crippen molar-refractivity contribution in [1.29, 1.82) is 0 Å². The van der Waals surface area contributed by atoms with E-state index in [2.05, 4.69) is 5.32 Å². The van der Waals surface area contributed by atoms with Gasteiger partial charge in [0.2, 0.25) is 5.91 Å². The smallest absolute Gasteiger partial charge is 0.239 e. The Morgan fingerprint density at radius 2 is 2.05 bits per heavy atom. The highest BCUT2D eigenvalue weighted by Crippen LogP contribution is 2.33. The molecule has 1 atom stereocenters. The fourth-order valence-corrected chi connectivity index (χ4v) is 2.13. The predicted octanol–water partition coefficient (Wildman–Crippen LogP) is 1.71. The summed E-state index contributed by atoms with van der Waals surface area (Å²) in [6, 6.07) is 5.62. The minimum atomic E-state index is -0.670. The number of benzene rings is 1. The first-order chi connectivity index (χ1) is 9.36. The first kappa shape index (κ1) is 16.3. The van der Waals surface area contributed by atoms with Gasteiger partial charge >= 0.3 is 0 Å². The molecule has 1 amide bonds. The Labute approximate surface area is 120 Å². The zero-order chi connectivity index (χ0) is 15.3. The summed E-state index contributed by atoms with van der Waals surface area (Å²) in [5, 5.41) is 12.8. The molecule has 0 aliphatic heterocycles. The topological polar surface area (TPSA) is 61.8 Å². The summed E-state index contributed by atoms with van der Waals surface area (Å²) in [6.45, 7) is 5.75. The number of aliphatic hydroxyl groups is 1. The Hall–Kier alpha value is -1.75. The summed E-state index contributed by atoms with van der Waals surface area (Å²) in [7, 11) is 3.39. The van der Waals surface area contributed by atoms with Crippen LogP contribution in [0.25, 0.3) is 0 Å². The second-order valence-electron chi connectivity index (χ2n) is 5.15. The molecule has 20 heavy (non-hydrogen) atoms. The van der Waals surface area contributed by atoms with E-state index in [4.69, 9.17) is 4.74 Å². The lowest BCUT2D eigenvalue weighted by molar-refractivity contribution is -0.120. The number of carbonyl (C=O) groups excluding carboxylic acids is 1. The van der Waals surface area contributed by atoms with Crippen molar-refractivity contribution in [2.75, 3.05) is 25.6 Å². The summed E-state index contributed by atoms with van der Waals surface area (Å²) < 4.78 is 5.28. The van der Waals surface area contributed by atoms with Crippen molar-refractivity contribution in [3.05, 3.63) is 23.8 Å². The molecule has 1 aromatic carbocycles. The van der Waals surface area contributed by atoms with Gasteiger partial charge in [0.1, 0.15) is 5.75 Å². The van der Waals surface area contributed by atoms with Crippen LogP contribution < -0.4 is 15.0 Å². The first-order valence-electron chi connectivity index (χ1n) is 6.72.